The Labute approximate surface area is 109 Å². The van der Waals surface area contributed by atoms with Gasteiger partial charge in [-0.15, -0.1) is 0 Å². The van der Waals surface area contributed by atoms with Crippen molar-refractivity contribution < 1.29 is 4.79 Å². The summed E-state index contributed by atoms with van der Waals surface area (Å²) in [5.41, 5.74) is 1.01. The van der Waals surface area contributed by atoms with Crippen LogP contribution in [0.15, 0.2) is 18.3 Å². The summed E-state index contributed by atoms with van der Waals surface area (Å²) >= 11 is 0. The minimum absolute atomic E-state index is 0.129. The van der Waals surface area contributed by atoms with E-state index in [9.17, 15) is 4.79 Å². The van der Waals surface area contributed by atoms with Crippen LogP contribution in [0.25, 0.3) is 0 Å². The number of amides is 1. The third-order valence-corrected chi connectivity index (χ3v) is 2.85. The minimum atomic E-state index is 0.129. The van der Waals surface area contributed by atoms with Gasteiger partial charge in [-0.3, -0.25) is 4.79 Å². The number of nitrogens with zero attached hydrogens (tertiary/aromatic N) is 2. The Balaban J connectivity index is 2.62. The molecule has 0 radical (unpaired) electrons. The molecular formula is C14H23N3O. The third-order valence-electron chi connectivity index (χ3n) is 2.85. The molecule has 0 atom stereocenters. The van der Waals surface area contributed by atoms with Crippen molar-refractivity contribution in [1.82, 2.24) is 4.98 Å². The molecule has 1 N–H and O–H groups in total. The van der Waals surface area contributed by atoms with E-state index >= 15 is 0 Å². The van der Waals surface area contributed by atoms with Gasteiger partial charge < -0.3 is 10.2 Å². The number of carbonyl (C=O) groups excluding carboxylic acids is 1. The molecule has 4 nitrogen and oxygen atoms in total. The molecule has 18 heavy (non-hydrogen) atoms. The molecule has 1 amide bonds. The Morgan fingerprint density at radius 2 is 2.06 bits per heavy atom. The molecule has 0 aliphatic carbocycles. The molecule has 1 rings (SSSR count). The van der Waals surface area contributed by atoms with Crippen molar-refractivity contribution >= 4 is 17.4 Å². The van der Waals surface area contributed by atoms with Gasteiger partial charge in [-0.2, -0.15) is 0 Å². The molecule has 0 saturated heterocycles. The number of hydrogen-bond acceptors (Lipinski definition) is 3. The summed E-state index contributed by atoms with van der Waals surface area (Å²) in [7, 11) is 3.61. The van der Waals surface area contributed by atoms with Gasteiger partial charge in [0.25, 0.3) is 0 Å². The van der Waals surface area contributed by atoms with Crippen LogP contribution in [-0.2, 0) is 4.79 Å². The zero-order chi connectivity index (χ0) is 13.8. The highest BCUT2D eigenvalue weighted by Gasteiger charge is 2.16. The van der Waals surface area contributed by atoms with E-state index in [0.29, 0.717) is 6.42 Å². The average Bonchev–Trinajstić information content (AvgIpc) is 2.34. The van der Waals surface area contributed by atoms with Crippen LogP contribution in [0.5, 0.6) is 0 Å². The zero-order valence-corrected chi connectivity index (χ0v) is 11.9. The van der Waals surface area contributed by atoms with E-state index in [0.717, 1.165) is 17.9 Å². The van der Waals surface area contributed by atoms with Gasteiger partial charge in [0, 0.05) is 20.5 Å². The molecule has 0 fully saturated rings. The largest absolute Gasteiger partial charge is 0.373 e. The first-order valence-corrected chi connectivity index (χ1v) is 6.24. The number of pyridine rings is 1. The Morgan fingerprint density at radius 3 is 2.50 bits per heavy atom. The van der Waals surface area contributed by atoms with Crippen molar-refractivity contribution in [3.05, 3.63) is 18.3 Å². The van der Waals surface area contributed by atoms with E-state index in [4.69, 9.17) is 0 Å². The molecule has 0 spiro atoms. The first-order valence-electron chi connectivity index (χ1n) is 6.24. The molecule has 1 heterocycles. The summed E-state index contributed by atoms with van der Waals surface area (Å²) in [5, 5.41) is 2.95. The van der Waals surface area contributed by atoms with Gasteiger partial charge in [0.1, 0.15) is 5.82 Å². The SMILES string of the molecule is CNc1ccc(N(C)C(=O)CCC(C)(C)C)cn1. The topological polar surface area (TPSA) is 45.2 Å². The van der Waals surface area contributed by atoms with E-state index in [1.54, 1.807) is 18.1 Å². The van der Waals surface area contributed by atoms with Crippen molar-refractivity contribution in [1.29, 1.82) is 0 Å². The van der Waals surface area contributed by atoms with Crippen LogP contribution in [0.2, 0.25) is 0 Å². The predicted octanol–water partition coefficient (Wildman–Crippen LogP) is 2.91. The summed E-state index contributed by atoms with van der Waals surface area (Å²) in [6, 6.07) is 3.76. The Kier molecular flexibility index (Phi) is 4.70. The van der Waals surface area contributed by atoms with Gasteiger partial charge in [-0.25, -0.2) is 4.98 Å². The molecule has 0 aromatic carbocycles. The molecule has 0 bridgehead atoms. The lowest BCUT2D eigenvalue weighted by Crippen LogP contribution is -2.27. The number of rotatable bonds is 4. The maximum absolute atomic E-state index is 12.0. The van der Waals surface area contributed by atoms with Crippen LogP contribution < -0.4 is 10.2 Å². The lowest BCUT2D eigenvalue weighted by atomic mass is 9.90. The van der Waals surface area contributed by atoms with E-state index in [1.165, 1.54) is 0 Å². The van der Waals surface area contributed by atoms with Crippen molar-refractivity contribution in [2.24, 2.45) is 5.41 Å². The second kappa shape index (κ2) is 5.85. The predicted molar refractivity (Wildman–Crippen MR) is 75.9 cm³/mol. The van der Waals surface area contributed by atoms with Gasteiger partial charge in [-0.1, -0.05) is 20.8 Å². The van der Waals surface area contributed by atoms with Crippen LogP contribution in [0.4, 0.5) is 11.5 Å². The van der Waals surface area contributed by atoms with Crippen molar-refractivity contribution in [2.75, 3.05) is 24.3 Å². The average molecular weight is 249 g/mol. The summed E-state index contributed by atoms with van der Waals surface area (Å²) in [5.74, 6) is 0.929. The minimum Gasteiger partial charge on any atom is -0.373 e. The number of anilines is 2. The van der Waals surface area contributed by atoms with Gasteiger partial charge in [-0.05, 0) is 24.0 Å². The standard InChI is InChI=1S/C14H23N3O/c1-14(2,3)9-8-13(18)17(5)11-6-7-12(15-4)16-10-11/h6-7,10H,8-9H2,1-5H3,(H,15,16). The molecule has 1 aromatic rings. The summed E-state index contributed by atoms with van der Waals surface area (Å²) in [4.78, 5) is 17.9. The fraction of sp³-hybridized carbons (Fsp3) is 0.571. The van der Waals surface area contributed by atoms with Gasteiger partial charge >= 0.3 is 0 Å². The Hall–Kier alpha value is -1.58. The van der Waals surface area contributed by atoms with Gasteiger partial charge in [0.15, 0.2) is 0 Å². The molecule has 1 aromatic heterocycles. The maximum Gasteiger partial charge on any atom is 0.226 e. The highest BCUT2D eigenvalue weighted by atomic mass is 16.2. The molecule has 0 aliphatic rings. The molecule has 100 valence electrons. The number of aromatic nitrogens is 1. The number of hydrogen-bond donors (Lipinski definition) is 1. The van der Waals surface area contributed by atoms with Crippen molar-refractivity contribution in [3.8, 4) is 0 Å². The summed E-state index contributed by atoms with van der Waals surface area (Å²) < 4.78 is 0. The van der Waals surface area contributed by atoms with E-state index in [2.05, 4.69) is 31.1 Å². The van der Waals surface area contributed by atoms with E-state index < -0.39 is 0 Å². The monoisotopic (exact) mass is 249 g/mol. The molecule has 4 heteroatoms. The Morgan fingerprint density at radius 1 is 1.39 bits per heavy atom. The third kappa shape index (κ3) is 4.35. The fourth-order valence-electron chi connectivity index (χ4n) is 1.53. The number of carbonyl (C=O) groups is 1. The first kappa shape index (κ1) is 14.5. The quantitative estimate of drug-likeness (QED) is 0.892. The first-order chi connectivity index (χ1) is 8.33. The van der Waals surface area contributed by atoms with Crippen LogP contribution in [-0.4, -0.2) is 25.0 Å². The second-order valence-electron chi connectivity index (χ2n) is 5.67. The summed E-state index contributed by atoms with van der Waals surface area (Å²) in [6.07, 6.45) is 3.16. The molecule has 0 unspecified atom stereocenters. The van der Waals surface area contributed by atoms with Crippen LogP contribution in [0.1, 0.15) is 33.6 Å². The smallest absolute Gasteiger partial charge is 0.226 e. The Bertz CT molecular complexity index is 392. The van der Waals surface area contributed by atoms with Crippen molar-refractivity contribution in [2.45, 2.75) is 33.6 Å². The number of nitrogens with one attached hydrogen (secondary N) is 1. The highest BCUT2D eigenvalue weighted by molar-refractivity contribution is 5.92. The highest BCUT2D eigenvalue weighted by Crippen LogP contribution is 2.22. The molecule has 0 saturated carbocycles. The normalized spacial score (nSPS) is 11.2. The van der Waals surface area contributed by atoms with Gasteiger partial charge in [0.05, 0.1) is 11.9 Å². The lowest BCUT2D eigenvalue weighted by Gasteiger charge is -2.21. The maximum atomic E-state index is 12.0. The van der Waals surface area contributed by atoms with Gasteiger partial charge in [0.2, 0.25) is 5.91 Å². The molecular weight excluding hydrogens is 226 g/mol. The zero-order valence-electron chi connectivity index (χ0n) is 11.9. The van der Waals surface area contributed by atoms with Crippen LogP contribution in [0, 0.1) is 5.41 Å². The summed E-state index contributed by atoms with van der Waals surface area (Å²) in [6.45, 7) is 6.43. The van der Waals surface area contributed by atoms with E-state index in [-0.39, 0.29) is 11.3 Å². The second-order valence-corrected chi connectivity index (χ2v) is 5.67. The van der Waals surface area contributed by atoms with Crippen LogP contribution in [0.3, 0.4) is 0 Å². The van der Waals surface area contributed by atoms with E-state index in [1.807, 2.05) is 19.2 Å². The van der Waals surface area contributed by atoms with Crippen LogP contribution >= 0.6 is 0 Å². The fourth-order valence-corrected chi connectivity index (χ4v) is 1.53. The molecule has 0 aliphatic heterocycles. The lowest BCUT2D eigenvalue weighted by molar-refractivity contribution is -0.118. The van der Waals surface area contributed by atoms with Crippen molar-refractivity contribution in [3.63, 3.8) is 0 Å².